The zero-order valence-electron chi connectivity index (χ0n) is 14.3. The first-order valence-electron chi connectivity index (χ1n) is 8.41. The number of carbonyl (C=O) groups excluding carboxylic acids is 1. The lowest BCUT2D eigenvalue weighted by Gasteiger charge is -2.26. The molecule has 1 aromatic carbocycles. The Balaban J connectivity index is 1.54. The fourth-order valence-electron chi connectivity index (χ4n) is 2.73. The standard InChI is InChI=1S/C18H22ClN3O3/c1-13-16(21-18(25-13)14-4-2-3-5-15(14)19)12-17(23)20-6-7-22-8-10-24-11-9-22/h2-5H,6-12H2,1H3,(H,20,23). The van der Waals surface area contributed by atoms with Gasteiger partial charge in [-0.2, -0.15) is 0 Å². The van der Waals surface area contributed by atoms with Crippen LogP contribution in [0.2, 0.25) is 5.02 Å². The first kappa shape index (κ1) is 17.9. The number of nitrogens with one attached hydrogen (secondary N) is 1. The Bertz CT molecular complexity index is 726. The fraction of sp³-hybridized carbons (Fsp3) is 0.444. The van der Waals surface area contributed by atoms with Gasteiger partial charge in [0.25, 0.3) is 0 Å². The lowest BCUT2D eigenvalue weighted by Crippen LogP contribution is -2.41. The van der Waals surface area contributed by atoms with Gasteiger partial charge in [-0.25, -0.2) is 4.98 Å². The molecule has 0 bridgehead atoms. The molecule has 134 valence electrons. The van der Waals surface area contributed by atoms with E-state index in [0.717, 1.165) is 38.4 Å². The van der Waals surface area contributed by atoms with Crippen molar-refractivity contribution in [3.05, 3.63) is 40.7 Å². The number of hydrogen-bond donors (Lipinski definition) is 1. The van der Waals surface area contributed by atoms with Crippen LogP contribution in [0.5, 0.6) is 0 Å². The van der Waals surface area contributed by atoms with E-state index in [4.69, 9.17) is 20.8 Å². The first-order valence-corrected chi connectivity index (χ1v) is 8.79. The van der Waals surface area contributed by atoms with Crippen LogP contribution in [0.4, 0.5) is 0 Å². The Morgan fingerprint density at radius 2 is 2.08 bits per heavy atom. The molecule has 1 aliphatic heterocycles. The maximum Gasteiger partial charge on any atom is 0.228 e. The Morgan fingerprint density at radius 1 is 1.32 bits per heavy atom. The van der Waals surface area contributed by atoms with Crippen LogP contribution in [0, 0.1) is 6.92 Å². The lowest BCUT2D eigenvalue weighted by molar-refractivity contribution is -0.120. The predicted octanol–water partition coefficient (Wildman–Crippen LogP) is 2.29. The number of halogens is 1. The number of oxazole rings is 1. The van der Waals surface area contributed by atoms with Crippen LogP contribution in [0.1, 0.15) is 11.5 Å². The molecule has 0 atom stereocenters. The minimum Gasteiger partial charge on any atom is -0.441 e. The second-order valence-electron chi connectivity index (χ2n) is 5.98. The molecular weight excluding hydrogens is 342 g/mol. The van der Waals surface area contributed by atoms with Crippen molar-refractivity contribution in [1.29, 1.82) is 0 Å². The van der Waals surface area contributed by atoms with Gasteiger partial charge in [0, 0.05) is 26.2 Å². The quantitative estimate of drug-likeness (QED) is 0.853. The van der Waals surface area contributed by atoms with E-state index in [1.807, 2.05) is 25.1 Å². The van der Waals surface area contributed by atoms with Crippen molar-refractivity contribution in [2.24, 2.45) is 0 Å². The van der Waals surface area contributed by atoms with Gasteiger partial charge in [0.05, 0.1) is 35.9 Å². The average molecular weight is 364 g/mol. The van der Waals surface area contributed by atoms with E-state index in [1.165, 1.54) is 0 Å². The van der Waals surface area contributed by atoms with Crippen molar-refractivity contribution in [2.45, 2.75) is 13.3 Å². The van der Waals surface area contributed by atoms with Crippen LogP contribution in [0.25, 0.3) is 11.5 Å². The number of benzene rings is 1. The first-order chi connectivity index (χ1) is 12.1. The lowest BCUT2D eigenvalue weighted by atomic mass is 10.2. The molecule has 2 heterocycles. The van der Waals surface area contributed by atoms with Gasteiger partial charge >= 0.3 is 0 Å². The molecule has 1 N–H and O–H groups in total. The van der Waals surface area contributed by atoms with Crippen LogP contribution in [-0.4, -0.2) is 55.2 Å². The molecule has 0 spiro atoms. The van der Waals surface area contributed by atoms with Crippen molar-refractivity contribution >= 4 is 17.5 Å². The van der Waals surface area contributed by atoms with E-state index in [1.54, 1.807) is 6.07 Å². The fourth-order valence-corrected chi connectivity index (χ4v) is 2.95. The summed E-state index contributed by atoms with van der Waals surface area (Å²) in [5, 5.41) is 3.51. The van der Waals surface area contributed by atoms with Gasteiger partial charge in [-0.3, -0.25) is 9.69 Å². The Kier molecular flexibility index (Phi) is 6.07. The molecule has 1 fully saturated rings. The Morgan fingerprint density at radius 3 is 2.84 bits per heavy atom. The number of nitrogens with zero attached hydrogens (tertiary/aromatic N) is 2. The summed E-state index contributed by atoms with van der Waals surface area (Å²) < 4.78 is 11.0. The van der Waals surface area contributed by atoms with Crippen molar-refractivity contribution in [3.8, 4) is 11.5 Å². The summed E-state index contributed by atoms with van der Waals surface area (Å²) in [7, 11) is 0. The van der Waals surface area contributed by atoms with Crippen molar-refractivity contribution < 1.29 is 13.9 Å². The monoisotopic (exact) mass is 363 g/mol. The third kappa shape index (κ3) is 4.81. The molecule has 25 heavy (non-hydrogen) atoms. The van der Waals surface area contributed by atoms with Crippen LogP contribution in [0.15, 0.2) is 28.7 Å². The highest BCUT2D eigenvalue weighted by Crippen LogP contribution is 2.28. The second kappa shape index (κ2) is 8.47. The van der Waals surface area contributed by atoms with E-state index in [9.17, 15) is 4.79 Å². The number of ether oxygens (including phenoxy) is 1. The van der Waals surface area contributed by atoms with Crippen LogP contribution >= 0.6 is 11.6 Å². The minimum atomic E-state index is -0.0598. The largest absolute Gasteiger partial charge is 0.441 e. The summed E-state index contributed by atoms with van der Waals surface area (Å²) in [5.41, 5.74) is 1.37. The van der Waals surface area contributed by atoms with Gasteiger partial charge in [0.1, 0.15) is 5.76 Å². The van der Waals surface area contributed by atoms with Crippen LogP contribution in [0.3, 0.4) is 0 Å². The van der Waals surface area contributed by atoms with Gasteiger partial charge in [0.15, 0.2) is 0 Å². The highest BCUT2D eigenvalue weighted by molar-refractivity contribution is 6.33. The van der Waals surface area contributed by atoms with Crippen molar-refractivity contribution in [3.63, 3.8) is 0 Å². The highest BCUT2D eigenvalue weighted by Gasteiger charge is 2.16. The zero-order valence-corrected chi connectivity index (χ0v) is 15.0. The maximum atomic E-state index is 12.2. The smallest absolute Gasteiger partial charge is 0.228 e. The van der Waals surface area contributed by atoms with E-state index in [-0.39, 0.29) is 12.3 Å². The van der Waals surface area contributed by atoms with E-state index < -0.39 is 0 Å². The molecule has 1 aromatic heterocycles. The van der Waals surface area contributed by atoms with Gasteiger partial charge in [-0.05, 0) is 19.1 Å². The molecule has 1 saturated heterocycles. The highest BCUT2D eigenvalue weighted by atomic mass is 35.5. The van der Waals surface area contributed by atoms with Crippen molar-refractivity contribution in [2.75, 3.05) is 39.4 Å². The molecule has 7 heteroatoms. The van der Waals surface area contributed by atoms with Gasteiger partial charge < -0.3 is 14.5 Å². The van der Waals surface area contributed by atoms with Gasteiger partial charge in [-0.1, -0.05) is 23.7 Å². The SMILES string of the molecule is Cc1oc(-c2ccccc2Cl)nc1CC(=O)NCCN1CCOCC1. The molecule has 3 rings (SSSR count). The zero-order chi connectivity index (χ0) is 17.6. The number of hydrogen-bond acceptors (Lipinski definition) is 5. The third-order valence-corrected chi connectivity index (χ3v) is 4.51. The summed E-state index contributed by atoms with van der Waals surface area (Å²) in [5.74, 6) is 1.02. The molecule has 2 aromatic rings. The molecular formula is C18H22ClN3O3. The second-order valence-corrected chi connectivity index (χ2v) is 6.39. The molecule has 1 aliphatic rings. The Labute approximate surface area is 152 Å². The maximum absolute atomic E-state index is 12.2. The molecule has 0 unspecified atom stereocenters. The van der Waals surface area contributed by atoms with E-state index in [2.05, 4.69) is 15.2 Å². The summed E-state index contributed by atoms with van der Waals surface area (Å²) in [6, 6.07) is 7.36. The third-order valence-electron chi connectivity index (χ3n) is 4.18. The molecule has 0 saturated carbocycles. The average Bonchev–Trinajstić information content (AvgIpc) is 2.96. The topological polar surface area (TPSA) is 67.6 Å². The summed E-state index contributed by atoms with van der Waals surface area (Å²) in [4.78, 5) is 18.9. The van der Waals surface area contributed by atoms with Gasteiger partial charge in [0.2, 0.25) is 11.8 Å². The normalized spacial score (nSPS) is 15.3. The van der Waals surface area contributed by atoms with E-state index >= 15 is 0 Å². The van der Waals surface area contributed by atoms with Crippen LogP contribution < -0.4 is 5.32 Å². The minimum absolute atomic E-state index is 0.0598. The summed E-state index contributed by atoms with van der Waals surface area (Å²) >= 11 is 6.18. The van der Waals surface area contributed by atoms with E-state index in [0.29, 0.717) is 28.9 Å². The van der Waals surface area contributed by atoms with Crippen LogP contribution in [-0.2, 0) is 16.0 Å². The summed E-state index contributed by atoms with van der Waals surface area (Å²) in [6.45, 7) is 6.61. The number of rotatable bonds is 6. The number of carbonyl (C=O) groups is 1. The molecule has 0 radical (unpaired) electrons. The van der Waals surface area contributed by atoms with Gasteiger partial charge in [-0.15, -0.1) is 0 Å². The number of aryl methyl sites for hydroxylation is 1. The molecule has 1 amide bonds. The molecule has 6 nitrogen and oxygen atoms in total. The number of aromatic nitrogens is 1. The summed E-state index contributed by atoms with van der Waals surface area (Å²) in [6.07, 6.45) is 0.197. The number of amides is 1. The predicted molar refractivity (Wildman–Crippen MR) is 95.7 cm³/mol. The molecule has 0 aliphatic carbocycles. The van der Waals surface area contributed by atoms with Crippen molar-refractivity contribution in [1.82, 2.24) is 15.2 Å². The Hall–Kier alpha value is -1.89. The number of morpholine rings is 1.